The summed E-state index contributed by atoms with van der Waals surface area (Å²) in [6.07, 6.45) is 1.31. The van der Waals surface area contributed by atoms with Gasteiger partial charge >= 0.3 is 5.97 Å². The largest absolute Gasteiger partial charge is 0.497 e. The lowest BCUT2D eigenvalue weighted by atomic mass is 10.1. The van der Waals surface area contributed by atoms with Gasteiger partial charge in [0, 0.05) is 12.1 Å². The van der Waals surface area contributed by atoms with Crippen LogP contribution in [0.25, 0.3) is 6.08 Å². The molecule has 2 rings (SSSR count). The Labute approximate surface area is 171 Å². The van der Waals surface area contributed by atoms with Crippen molar-refractivity contribution < 1.29 is 28.7 Å². The van der Waals surface area contributed by atoms with Gasteiger partial charge in [-0.25, -0.2) is 4.79 Å². The Balaban J connectivity index is 2.03. The Kier molecular flexibility index (Phi) is 7.47. The lowest BCUT2D eigenvalue weighted by molar-refractivity contribution is -0.384. The standard InChI is InChI=1S/C20H17N3O7/c1-28-16-6-3-13(4-7-16)9-14(11-21)20(25)30-12-19(24)22-17-10-15(23(26)27)5-8-18(17)29-2/h3-10H,12H2,1-2H3,(H,22,24). The van der Waals surface area contributed by atoms with Crippen LogP contribution in [-0.4, -0.2) is 37.6 Å². The summed E-state index contributed by atoms with van der Waals surface area (Å²) in [6.45, 7) is -0.702. The number of carbonyl (C=O) groups is 2. The van der Waals surface area contributed by atoms with Crippen LogP contribution in [0, 0.1) is 21.4 Å². The van der Waals surface area contributed by atoms with Crippen molar-refractivity contribution in [3.63, 3.8) is 0 Å². The van der Waals surface area contributed by atoms with E-state index in [0.29, 0.717) is 11.3 Å². The molecule has 10 nitrogen and oxygen atoms in total. The van der Waals surface area contributed by atoms with E-state index in [-0.39, 0.29) is 22.7 Å². The highest BCUT2D eigenvalue weighted by molar-refractivity contribution is 6.00. The maximum atomic E-state index is 12.1. The highest BCUT2D eigenvalue weighted by Gasteiger charge is 2.16. The van der Waals surface area contributed by atoms with Crippen LogP contribution in [0.2, 0.25) is 0 Å². The summed E-state index contributed by atoms with van der Waals surface area (Å²) in [5, 5.41) is 22.4. The van der Waals surface area contributed by atoms with Gasteiger partial charge in [0.25, 0.3) is 11.6 Å². The molecule has 0 aliphatic heterocycles. The quantitative estimate of drug-likeness (QED) is 0.230. The van der Waals surface area contributed by atoms with Gasteiger partial charge in [-0.15, -0.1) is 0 Å². The number of amides is 1. The molecule has 0 aliphatic carbocycles. The second-order valence-corrected chi connectivity index (χ2v) is 5.71. The first kappa shape index (κ1) is 21.9. The van der Waals surface area contributed by atoms with Crippen molar-refractivity contribution in [2.45, 2.75) is 0 Å². The molecule has 154 valence electrons. The minimum atomic E-state index is -0.991. The summed E-state index contributed by atoms with van der Waals surface area (Å²) < 4.78 is 14.9. The zero-order valence-electron chi connectivity index (χ0n) is 16.1. The first-order valence-electron chi connectivity index (χ1n) is 8.43. The first-order chi connectivity index (χ1) is 14.4. The number of methoxy groups -OCH3 is 2. The third-order valence-electron chi connectivity index (χ3n) is 3.77. The first-order valence-corrected chi connectivity index (χ1v) is 8.43. The molecule has 1 N–H and O–H groups in total. The second kappa shape index (κ2) is 10.2. The van der Waals surface area contributed by atoms with E-state index in [0.717, 1.165) is 6.07 Å². The Morgan fingerprint density at radius 3 is 2.43 bits per heavy atom. The molecular formula is C20H17N3O7. The van der Waals surface area contributed by atoms with Gasteiger partial charge in [0.2, 0.25) is 0 Å². The number of nitrogens with one attached hydrogen (secondary N) is 1. The number of hydrogen-bond donors (Lipinski definition) is 1. The highest BCUT2D eigenvalue weighted by Crippen LogP contribution is 2.28. The van der Waals surface area contributed by atoms with E-state index in [1.54, 1.807) is 30.3 Å². The van der Waals surface area contributed by atoms with Crippen LogP contribution in [0.15, 0.2) is 48.0 Å². The van der Waals surface area contributed by atoms with Gasteiger partial charge in [-0.05, 0) is 29.8 Å². The number of benzene rings is 2. The molecule has 0 bridgehead atoms. The smallest absolute Gasteiger partial charge is 0.349 e. The SMILES string of the molecule is COc1ccc(C=C(C#N)C(=O)OCC(=O)Nc2cc([N+](=O)[O-])ccc2OC)cc1. The lowest BCUT2D eigenvalue weighted by Crippen LogP contribution is -2.21. The normalized spacial score (nSPS) is 10.5. The van der Waals surface area contributed by atoms with Gasteiger partial charge in [-0.1, -0.05) is 12.1 Å². The van der Waals surface area contributed by atoms with E-state index in [1.165, 1.54) is 32.4 Å². The Morgan fingerprint density at radius 1 is 1.17 bits per heavy atom. The number of non-ortho nitro benzene ring substituents is 1. The predicted molar refractivity (Wildman–Crippen MR) is 106 cm³/mol. The molecule has 0 radical (unpaired) electrons. The maximum absolute atomic E-state index is 12.1. The van der Waals surface area contributed by atoms with Crippen molar-refractivity contribution in [2.75, 3.05) is 26.1 Å². The highest BCUT2D eigenvalue weighted by atomic mass is 16.6. The average molecular weight is 411 g/mol. The topological polar surface area (TPSA) is 141 Å². The third kappa shape index (κ3) is 5.80. The Hall–Kier alpha value is -4.39. The van der Waals surface area contributed by atoms with Gasteiger partial charge in [0.05, 0.1) is 24.8 Å². The number of carbonyl (C=O) groups excluding carboxylic acids is 2. The van der Waals surface area contributed by atoms with Gasteiger partial charge in [0.15, 0.2) is 6.61 Å². The molecule has 0 unspecified atom stereocenters. The van der Waals surface area contributed by atoms with Crippen LogP contribution in [0.5, 0.6) is 11.5 Å². The zero-order valence-corrected chi connectivity index (χ0v) is 16.1. The zero-order chi connectivity index (χ0) is 22.1. The van der Waals surface area contributed by atoms with Crippen molar-refractivity contribution in [3.8, 4) is 17.6 Å². The second-order valence-electron chi connectivity index (χ2n) is 5.71. The van der Waals surface area contributed by atoms with Crippen molar-refractivity contribution in [3.05, 3.63) is 63.7 Å². The number of ether oxygens (including phenoxy) is 3. The van der Waals surface area contributed by atoms with Crippen LogP contribution in [0.3, 0.4) is 0 Å². The van der Waals surface area contributed by atoms with Crippen molar-refractivity contribution in [1.29, 1.82) is 5.26 Å². The summed E-state index contributed by atoms with van der Waals surface area (Å²) >= 11 is 0. The van der Waals surface area contributed by atoms with E-state index < -0.39 is 23.4 Å². The summed E-state index contributed by atoms with van der Waals surface area (Å²) in [7, 11) is 2.84. The fraction of sp³-hybridized carbons (Fsp3) is 0.150. The van der Waals surface area contributed by atoms with Gasteiger partial charge in [-0.2, -0.15) is 5.26 Å². The molecule has 0 saturated carbocycles. The lowest BCUT2D eigenvalue weighted by Gasteiger charge is -2.10. The molecule has 0 heterocycles. The number of anilines is 1. The molecule has 10 heteroatoms. The van der Waals surface area contributed by atoms with E-state index in [9.17, 15) is 25.0 Å². The fourth-order valence-electron chi connectivity index (χ4n) is 2.31. The Bertz CT molecular complexity index is 1020. The van der Waals surface area contributed by atoms with E-state index in [2.05, 4.69) is 5.32 Å². The van der Waals surface area contributed by atoms with Crippen LogP contribution in [0.4, 0.5) is 11.4 Å². The van der Waals surface area contributed by atoms with Gasteiger partial charge in [0.1, 0.15) is 23.1 Å². The number of esters is 1. The van der Waals surface area contributed by atoms with Gasteiger partial charge < -0.3 is 19.5 Å². The molecule has 0 aromatic heterocycles. The minimum Gasteiger partial charge on any atom is -0.497 e. The van der Waals surface area contributed by atoms with Crippen LogP contribution in [-0.2, 0) is 14.3 Å². The van der Waals surface area contributed by atoms with Crippen molar-refractivity contribution in [2.24, 2.45) is 0 Å². The summed E-state index contributed by atoms with van der Waals surface area (Å²) in [6, 6.07) is 12.0. The molecule has 2 aromatic rings. The van der Waals surface area contributed by atoms with Crippen LogP contribution >= 0.6 is 0 Å². The van der Waals surface area contributed by atoms with Crippen molar-refractivity contribution >= 4 is 29.3 Å². The van der Waals surface area contributed by atoms with E-state index >= 15 is 0 Å². The number of nitrogens with zero attached hydrogens (tertiary/aromatic N) is 2. The fourth-order valence-corrected chi connectivity index (χ4v) is 2.31. The van der Waals surface area contributed by atoms with E-state index in [4.69, 9.17) is 14.2 Å². The van der Waals surface area contributed by atoms with Gasteiger partial charge in [-0.3, -0.25) is 14.9 Å². The van der Waals surface area contributed by atoms with Crippen LogP contribution < -0.4 is 14.8 Å². The molecule has 0 fully saturated rings. The number of nitro benzene ring substituents is 1. The molecular weight excluding hydrogens is 394 g/mol. The third-order valence-corrected chi connectivity index (χ3v) is 3.77. The molecule has 0 atom stereocenters. The number of rotatable bonds is 8. The average Bonchev–Trinajstić information content (AvgIpc) is 2.76. The number of nitriles is 1. The molecule has 30 heavy (non-hydrogen) atoms. The molecule has 1 amide bonds. The molecule has 0 aliphatic rings. The predicted octanol–water partition coefficient (Wildman–Crippen LogP) is 2.70. The Morgan fingerprint density at radius 2 is 1.87 bits per heavy atom. The monoisotopic (exact) mass is 411 g/mol. The summed E-state index contributed by atoms with van der Waals surface area (Å²) in [4.78, 5) is 34.4. The maximum Gasteiger partial charge on any atom is 0.349 e. The summed E-state index contributed by atoms with van der Waals surface area (Å²) in [5.74, 6) is -0.947. The summed E-state index contributed by atoms with van der Waals surface area (Å²) in [5.41, 5.74) is 0.0512. The van der Waals surface area contributed by atoms with E-state index in [1.807, 2.05) is 0 Å². The molecule has 0 saturated heterocycles. The van der Waals surface area contributed by atoms with Crippen LogP contribution in [0.1, 0.15) is 5.56 Å². The number of hydrogen-bond acceptors (Lipinski definition) is 8. The van der Waals surface area contributed by atoms with Crippen molar-refractivity contribution in [1.82, 2.24) is 0 Å². The molecule has 2 aromatic carbocycles. The minimum absolute atomic E-state index is 0.0435. The molecule has 0 spiro atoms. The number of nitro groups is 1.